The van der Waals surface area contributed by atoms with Gasteiger partial charge in [-0.15, -0.1) is 0 Å². The predicted octanol–water partition coefficient (Wildman–Crippen LogP) is 1.81. The molecule has 1 aromatic heterocycles. The zero-order valence-electron chi connectivity index (χ0n) is 7.88. The fourth-order valence-corrected chi connectivity index (χ4v) is 0.972. The third-order valence-electron chi connectivity index (χ3n) is 1.60. The molecule has 7 heteroatoms. The molecule has 3 N–H and O–H groups in total. The number of anilines is 2. The van der Waals surface area contributed by atoms with Crippen LogP contribution in [-0.2, 0) is 0 Å². The van der Waals surface area contributed by atoms with Gasteiger partial charge in [-0.1, -0.05) is 0 Å². The second kappa shape index (κ2) is 4.81. The molecule has 84 valence electrons. The minimum absolute atomic E-state index is 0.0000208. The first-order valence-electron chi connectivity index (χ1n) is 4.35. The van der Waals surface area contributed by atoms with Gasteiger partial charge in [-0.2, -0.15) is 13.2 Å². The van der Waals surface area contributed by atoms with E-state index in [2.05, 4.69) is 15.3 Å². The van der Waals surface area contributed by atoms with Crippen molar-refractivity contribution in [2.75, 3.05) is 17.6 Å². The first kappa shape index (κ1) is 11.5. The fraction of sp³-hybridized carbons (Fsp3) is 0.500. The van der Waals surface area contributed by atoms with E-state index in [1.165, 1.54) is 12.4 Å². The Morgan fingerprint density at radius 3 is 2.67 bits per heavy atom. The Bertz CT molecular complexity index is 313. The normalized spacial score (nSPS) is 11.4. The maximum absolute atomic E-state index is 11.8. The van der Waals surface area contributed by atoms with Crippen LogP contribution in [0.3, 0.4) is 0 Å². The molecule has 0 fully saturated rings. The number of nitrogen functional groups attached to an aromatic ring is 1. The molecular weight excluding hydrogens is 209 g/mol. The Morgan fingerprint density at radius 2 is 2.07 bits per heavy atom. The van der Waals surface area contributed by atoms with Crippen molar-refractivity contribution in [2.24, 2.45) is 0 Å². The lowest BCUT2D eigenvalue weighted by atomic mass is 10.3. The summed E-state index contributed by atoms with van der Waals surface area (Å²) in [6.07, 6.45) is -2.15. The van der Waals surface area contributed by atoms with E-state index in [0.717, 1.165) is 0 Å². The SMILES string of the molecule is Nc1cncc(NCCCC(F)(F)F)n1. The predicted molar refractivity (Wildman–Crippen MR) is 50.2 cm³/mol. The van der Waals surface area contributed by atoms with Gasteiger partial charge in [0, 0.05) is 13.0 Å². The van der Waals surface area contributed by atoms with Crippen LogP contribution < -0.4 is 11.1 Å². The smallest absolute Gasteiger partial charge is 0.382 e. The Morgan fingerprint density at radius 1 is 1.33 bits per heavy atom. The summed E-state index contributed by atoms with van der Waals surface area (Å²) in [6, 6.07) is 0. The third-order valence-corrected chi connectivity index (χ3v) is 1.60. The molecular formula is C8H11F3N4. The summed E-state index contributed by atoms with van der Waals surface area (Å²) in [4.78, 5) is 7.57. The molecule has 0 aliphatic heterocycles. The van der Waals surface area contributed by atoms with E-state index in [1.807, 2.05) is 0 Å². The number of hydrogen-bond donors (Lipinski definition) is 2. The highest BCUT2D eigenvalue weighted by atomic mass is 19.4. The maximum Gasteiger partial charge on any atom is 0.389 e. The monoisotopic (exact) mass is 220 g/mol. The van der Waals surface area contributed by atoms with Crippen molar-refractivity contribution in [3.63, 3.8) is 0 Å². The van der Waals surface area contributed by atoms with E-state index in [9.17, 15) is 13.2 Å². The number of nitrogens with one attached hydrogen (secondary N) is 1. The second-order valence-corrected chi connectivity index (χ2v) is 2.97. The van der Waals surface area contributed by atoms with Gasteiger partial charge in [0.15, 0.2) is 0 Å². The molecule has 0 bridgehead atoms. The Kier molecular flexibility index (Phi) is 3.70. The lowest BCUT2D eigenvalue weighted by molar-refractivity contribution is -0.134. The minimum Gasteiger partial charge on any atom is -0.382 e. The average Bonchev–Trinajstić information content (AvgIpc) is 2.11. The van der Waals surface area contributed by atoms with Crippen LogP contribution in [0.15, 0.2) is 12.4 Å². The molecule has 1 aromatic rings. The van der Waals surface area contributed by atoms with E-state index in [-0.39, 0.29) is 18.8 Å². The largest absolute Gasteiger partial charge is 0.389 e. The molecule has 0 saturated heterocycles. The van der Waals surface area contributed by atoms with Gasteiger partial charge in [0.1, 0.15) is 11.6 Å². The first-order chi connectivity index (χ1) is 6.97. The van der Waals surface area contributed by atoms with Gasteiger partial charge in [-0.05, 0) is 6.42 Å². The van der Waals surface area contributed by atoms with Crippen LogP contribution >= 0.6 is 0 Å². The Balaban J connectivity index is 2.26. The van der Waals surface area contributed by atoms with Crippen LogP contribution in [0.2, 0.25) is 0 Å². The van der Waals surface area contributed by atoms with E-state index < -0.39 is 12.6 Å². The summed E-state index contributed by atoms with van der Waals surface area (Å²) in [7, 11) is 0. The number of nitrogens with zero attached hydrogens (tertiary/aromatic N) is 2. The van der Waals surface area contributed by atoms with Gasteiger partial charge in [-0.3, -0.25) is 4.98 Å². The van der Waals surface area contributed by atoms with Crippen molar-refractivity contribution in [1.82, 2.24) is 9.97 Å². The zero-order valence-corrected chi connectivity index (χ0v) is 7.88. The summed E-state index contributed by atoms with van der Waals surface area (Å²) >= 11 is 0. The number of aromatic nitrogens is 2. The molecule has 0 spiro atoms. The van der Waals surface area contributed by atoms with Crippen LogP contribution in [0.5, 0.6) is 0 Å². The molecule has 0 saturated carbocycles. The summed E-state index contributed by atoms with van der Waals surface area (Å²) in [5.41, 5.74) is 5.34. The highest BCUT2D eigenvalue weighted by molar-refractivity contribution is 5.37. The number of hydrogen-bond acceptors (Lipinski definition) is 4. The van der Waals surface area contributed by atoms with Crippen LogP contribution in [-0.4, -0.2) is 22.7 Å². The topological polar surface area (TPSA) is 63.8 Å². The lowest BCUT2D eigenvalue weighted by Crippen LogP contribution is -2.11. The van der Waals surface area contributed by atoms with Crippen LogP contribution in [0.4, 0.5) is 24.8 Å². The molecule has 0 aliphatic carbocycles. The standard InChI is InChI=1S/C8H11F3N4/c9-8(10,11)2-1-3-14-7-5-13-4-6(12)15-7/h4-5H,1-3H2,(H3,12,14,15). The van der Waals surface area contributed by atoms with Crippen LogP contribution in [0.25, 0.3) is 0 Å². The Hall–Kier alpha value is -1.53. The third kappa shape index (κ3) is 5.04. The minimum atomic E-state index is -4.11. The van der Waals surface area contributed by atoms with Gasteiger partial charge < -0.3 is 11.1 Å². The van der Waals surface area contributed by atoms with E-state index in [4.69, 9.17) is 5.73 Å². The molecule has 4 nitrogen and oxygen atoms in total. The molecule has 0 atom stereocenters. The van der Waals surface area contributed by atoms with Crippen molar-refractivity contribution in [3.05, 3.63) is 12.4 Å². The fourth-order valence-electron chi connectivity index (χ4n) is 0.972. The molecule has 1 rings (SSSR count). The summed E-state index contributed by atoms with van der Waals surface area (Å²) in [5.74, 6) is 0.619. The molecule has 15 heavy (non-hydrogen) atoms. The van der Waals surface area contributed by atoms with E-state index in [1.54, 1.807) is 0 Å². The van der Waals surface area contributed by atoms with Crippen molar-refractivity contribution >= 4 is 11.6 Å². The van der Waals surface area contributed by atoms with Gasteiger partial charge in [-0.25, -0.2) is 4.98 Å². The van der Waals surface area contributed by atoms with Crippen molar-refractivity contribution in [1.29, 1.82) is 0 Å². The number of nitrogens with two attached hydrogens (primary N) is 1. The summed E-state index contributed by atoms with van der Waals surface area (Å²) in [6.45, 7) is 0.192. The summed E-state index contributed by atoms with van der Waals surface area (Å²) in [5, 5.41) is 2.70. The summed E-state index contributed by atoms with van der Waals surface area (Å²) < 4.78 is 35.3. The van der Waals surface area contributed by atoms with Gasteiger partial charge in [0.25, 0.3) is 0 Å². The van der Waals surface area contributed by atoms with E-state index in [0.29, 0.717) is 5.82 Å². The molecule has 0 aromatic carbocycles. The van der Waals surface area contributed by atoms with Crippen molar-refractivity contribution in [3.8, 4) is 0 Å². The molecule has 0 radical (unpaired) electrons. The number of rotatable bonds is 4. The maximum atomic E-state index is 11.8. The average molecular weight is 220 g/mol. The molecule has 1 heterocycles. The quantitative estimate of drug-likeness (QED) is 0.759. The van der Waals surface area contributed by atoms with Gasteiger partial charge in [0.05, 0.1) is 12.4 Å². The Labute approximate surface area is 84.7 Å². The van der Waals surface area contributed by atoms with Gasteiger partial charge >= 0.3 is 6.18 Å². The molecule has 0 amide bonds. The van der Waals surface area contributed by atoms with Crippen molar-refractivity contribution < 1.29 is 13.2 Å². The van der Waals surface area contributed by atoms with Gasteiger partial charge in [0.2, 0.25) is 0 Å². The second-order valence-electron chi connectivity index (χ2n) is 2.97. The number of halogens is 3. The highest BCUT2D eigenvalue weighted by Gasteiger charge is 2.25. The van der Waals surface area contributed by atoms with Crippen molar-refractivity contribution in [2.45, 2.75) is 19.0 Å². The van der Waals surface area contributed by atoms with Crippen LogP contribution in [0.1, 0.15) is 12.8 Å². The van der Waals surface area contributed by atoms with E-state index >= 15 is 0 Å². The first-order valence-corrected chi connectivity index (χ1v) is 4.35. The highest BCUT2D eigenvalue weighted by Crippen LogP contribution is 2.21. The van der Waals surface area contributed by atoms with Crippen LogP contribution in [0, 0.1) is 0 Å². The number of alkyl halides is 3. The molecule has 0 unspecified atom stereocenters. The zero-order chi connectivity index (χ0) is 11.3. The molecule has 0 aliphatic rings. The lowest BCUT2D eigenvalue weighted by Gasteiger charge is -2.07.